The van der Waals surface area contributed by atoms with Crippen LogP contribution in [0.15, 0.2) is 0 Å². The van der Waals surface area contributed by atoms with Crippen LogP contribution in [0, 0.1) is 17.8 Å². The van der Waals surface area contributed by atoms with Gasteiger partial charge in [0, 0.05) is 5.88 Å². The Kier molecular flexibility index (Phi) is 6.03. The lowest BCUT2D eigenvalue weighted by Crippen LogP contribution is -2.20. The van der Waals surface area contributed by atoms with E-state index in [0.29, 0.717) is 0 Å². The van der Waals surface area contributed by atoms with Crippen molar-refractivity contribution in [2.45, 2.75) is 40.5 Å². The molecule has 0 nitrogen and oxygen atoms in total. The third-order valence-corrected chi connectivity index (χ3v) is 3.05. The second-order valence-electron chi connectivity index (χ2n) is 3.64. The molecule has 0 aliphatic heterocycles. The van der Waals surface area contributed by atoms with Gasteiger partial charge in [-0.15, -0.1) is 11.6 Å². The van der Waals surface area contributed by atoms with E-state index in [0.717, 1.165) is 23.6 Å². The highest BCUT2D eigenvalue weighted by molar-refractivity contribution is 6.18. The Morgan fingerprint density at radius 2 is 1.64 bits per heavy atom. The number of hydrogen-bond acceptors (Lipinski definition) is 0. The molecule has 0 radical (unpaired) electrons. The molecule has 0 aromatic carbocycles. The Labute approximate surface area is 76.3 Å². The van der Waals surface area contributed by atoms with E-state index in [1.807, 2.05) is 0 Å². The molecule has 0 aliphatic rings. The monoisotopic (exact) mass is 176 g/mol. The summed E-state index contributed by atoms with van der Waals surface area (Å²) in [5.41, 5.74) is 0. The Bertz CT molecular complexity index is 84.9. The molecule has 0 N–H and O–H groups in total. The molecule has 0 heterocycles. The van der Waals surface area contributed by atoms with Crippen molar-refractivity contribution in [2.75, 3.05) is 5.88 Å². The van der Waals surface area contributed by atoms with E-state index in [9.17, 15) is 0 Å². The summed E-state index contributed by atoms with van der Waals surface area (Å²) >= 11 is 5.89. The SMILES string of the molecule is CCC(CCl)C(CC)C(C)C. The van der Waals surface area contributed by atoms with Crippen molar-refractivity contribution in [3.05, 3.63) is 0 Å². The highest BCUT2D eigenvalue weighted by Crippen LogP contribution is 2.27. The van der Waals surface area contributed by atoms with Gasteiger partial charge >= 0.3 is 0 Å². The van der Waals surface area contributed by atoms with Crippen molar-refractivity contribution >= 4 is 11.6 Å². The third-order valence-electron chi connectivity index (χ3n) is 2.66. The molecule has 0 rings (SSSR count). The van der Waals surface area contributed by atoms with Gasteiger partial charge in [0.15, 0.2) is 0 Å². The summed E-state index contributed by atoms with van der Waals surface area (Å²) in [7, 11) is 0. The smallest absolute Gasteiger partial charge is 0.0254 e. The van der Waals surface area contributed by atoms with E-state index in [-0.39, 0.29) is 0 Å². The van der Waals surface area contributed by atoms with Crippen LogP contribution in [0.3, 0.4) is 0 Å². The van der Waals surface area contributed by atoms with Crippen molar-refractivity contribution < 1.29 is 0 Å². The van der Waals surface area contributed by atoms with Crippen molar-refractivity contribution in [1.82, 2.24) is 0 Å². The van der Waals surface area contributed by atoms with Gasteiger partial charge in [-0.3, -0.25) is 0 Å². The van der Waals surface area contributed by atoms with Gasteiger partial charge in [0.25, 0.3) is 0 Å². The largest absolute Gasteiger partial charge is 0.126 e. The Hall–Kier alpha value is 0.290. The first-order valence-electron chi connectivity index (χ1n) is 4.73. The van der Waals surface area contributed by atoms with Crippen LogP contribution in [-0.4, -0.2) is 5.88 Å². The third kappa shape index (κ3) is 3.46. The second kappa shape index (κ2) is 5.88. The van der Waals surface area contributed by atoms with Gasteiger partial charge < -0.3 is 0 Å². The van der Waals surface area contributed by atoms with Crippen LogP contribution in [0.1, 0.15) is 40.5 Å². The summed E-state index contributed by atoms with van der Waals surface area (Å²) in [6.45, 7) is 9.09. The average Bonchev–Trinajstić information content (AvgIpc) is 1.99. The van der Waals surface area contributed by atoms with E-state index in [2.05, 4.69) is 27.7 Å². The van der Waals surface area contributed by atoms with E-state index in [1.165, 1.54) is 12.8 Å². The van der Waals surface area contributed by atoms with Crippen molar-refractivity contribution in [3.63, 3.8) is 0 Å². The number of alkyl halides is 1. The Morgan fingerprint density at radius 3 is 1.73 bits per heavy atom. The predicted octanol–water partition coefficient (Wildman–Crippen LogP) is 3.93. The standard InChI is InChI=1S/C10H21Cl/c1-5-9(7-11)10(6-2)8(3)4/h8-10H,5-7H2,1-4H3. The maximum Gasteiger partial charge on any atom is 0.0254 e. The van der Waals surface area contributed by atoms with Gasteiger partial charge in [0.1, 0.15) is 0 Å². The minimum atomic E-state index is 0.724. The summed E-state index contributed by atoms with van der Waals surface area (Å²) in [5, 5.41) is 0. The molecule has 0 fully saturated rings. The van der Waals surface area contributed by atoms with E-state index in [1.54, 1.807) is 0 Å². The molecule has 0 bridgehead atoms. The van der Waals surface area contributed by atoms with Crippen LogP contribution in [0.2, 0.25) is 0 Å². The first-order chi connectivity index (χ1) is 5.17. The molecule has 0 amide bonds. The first kappa shape index (κ1) is 11.3. The average molecular weight is 177 g/mol. The maximum atomic E-state index is 5.89. The molecule has 0 aromatic rings. The fourth-order valence-corrected chi connectivity index (χ4v) is 2.32. The molecule has 0 spiro atoms. The van der Waals surface area contributed by atoms with Gasteiger partial charge in [-0.25, -0.2) is 0 Å². The lowest BCUT2D eigenvalue weighted by molar-refractivity contribution is 0.259. The molecule has 68 valence electrons. The molecule has 0 aromatic heterocycles. The van der Waals surface area contributed by atoms with Crippen molar-refractivity contribution in [1.29, 1.82) is 0 Å². The Morgan fingerprint density at radius 1 is 1.09 bits per heavy atom. The van der Waals surface area contributed by atoms with Crippen LogP contribution in [0.5, 0.6) is 0 Å². The minimum Gasteiger partial charge on any atom is -0.126 e. The maximum absolute atomic E-state index is 5.89. The lowest BCUT2D eigenvalue weighted by Gasteiger charge is -2.26. The molecule has 2 atom stereocenters. The summed E-state index contributed by atoms with van der Waals surface area (Å²) in [6, 6.07) is 0. The summed E-state index contributed by atoms with van der Waals surface area (Å²) < 4.78 is 0. The summed E-state index contributed by atoms with van der Waals surface area (Å²) in [5.74, 6) is 3.15. The molecule has 11 heavy (non-hydrogen) atoms. The van der Waals surface area contributed by atoms with E-state index < -0.39 is 0 Å². The first-order valence-corrected chi connectivity index (χ1v) is 5.26. The van der Waals surface area contributed by atoms with Gasteiger partial charge in [-0.2, -0.15) is 0 Å². The minimum absolute atomic E-state index is 0.724. The molecule has 0 saturated carbocycles. The summed E-state index contributed by atoms with van der Waals surface area (Å²) in [4.78, 5) is 0. The Balaban J connectivity index is 3.98. The zero-order valence-corrected chi connectivity index (χ0v) is 8.99. The second-order valence-corrected chi connectivity index (χ2v) is 3.95. The van der Waals surface area contributed by atoms with Crippen LogP contribution < -0.4 is 0 Å². The van der Waals surface area contributed by atoms with Crippen LogP contribution >= 0.6 is 11.6 Å². The van der Waals surface area contributed by atoms with Crippen molar-refractivity contribution in [2.24, 2.45) is 17.8 Å². The fourth-order valence-electron chi connectivity index (χ4n) is 1.88. The molecular weight excluding hydrogens is 156 g/mol. The van der Waals surface area contributed by atoms with Crippen molar-refractivity contribution in [3.8, 4) is 0 Å². The number of rotatable bonds is 5. The van der Waals surface area contributed by atoms with Gasteiger partial charge in [-0.05, 0) is 17.8 Å². The van der Waals surface area contributed by atoms with Crippen LogP contribution in [0.25, 0.3) is 0 Å². The number of hydrogen-bond donors (Lipinski definition) is 0. The highest BCUT2D eigenvalue weighted by Gasteiger charge is 2.19. The quantitative estimate of drug-likeness (QED) is 0.557. The summed E-state index contributed by atoms with van der Waals surface area (Å²) in [6.07, 6.45) is 2.49. The van der Waals surface area contributed by atoms with E-state index >= 15 is 0 Å². The molecule has 0 saturated heterocycles. The van der Waals surface area contributed by atoms with Gasteiger partial charge in [0.05, 0.1) is 0 Å². The predicted molar refractivity (Wildman–Crippen MR) is 53.1 cm³/mol. The topological polar surface area (TPSA) is 0 Å². The van der Waals surface area contributed by atoms with Gasteiger partial charge in [-0.1, -0.05) is 40.5 Å². The number of halogens is 1. The highest BCUT2D eigenvalue weighted by atomic mass is 35.5. The molecule has 0 aliphatic carbocycles. The fraction of sp³-hybridized carbons (Fsp3) is 1.00. The molecule has 1 heteroatoms. The zero-order valence-electron chi connectivity index (χ0n) is 8.23. The van der Waals surface area contributed by atoms with E-state index in [4.69, 9.17) is 11.6 Å². The molecule has 2 unspecified atom stereocenters. The molecular formula is C10H21Cl. The normalized spacial score (nSPS) is 16.9. The van der Waals surface area contributed by atoms with Gasteiger partial charge in [0.2, 0.25) is 0 Å². The lowest BCUT2D eigenvalue weighted by atomic mass is 9.81. The zero-order chi connectivity index (χ0) is 8.85. The van der Waals surface area contributed by atoms with Crippen LogP contribution in [-0.2, 0) is 0 Å². The van der Waals surface area contributed by atoms with Crippen LogP contribution in [0.4, 0.5) is 0 Å².